The summed E-state index contributed by atoms with van der Waals surface area (Å²) in [4.78, 5) is 28.1. The van der Waals surface area contributed by atoms with Crippen molar-refractivity contribution in [3.8, 4) is 5.75 Å². The van der Waals surface area contributed by atoms with Gasteiger partial charge in [-0.1, -0.05) is 12.1 Å². The third-order valence-corrected chi connectivity index (χ3v) is 5.40. The van der Waals surface area contributed by atoms with E-state index in [0.717, 1.165) is 11.4 Å². The largest absolute Gasteiger partial charge is 0.495 e. The van der Waals surface area contributed by atoms with Gasteiger partial charge in [0.15, 0.2) is 0 Å². The second kappa shape index (κ2) is 8.30. The highest BCUT2D eigenvalue weighted by Gasteiger charge is 2.25. The first-order valence-corrected chi connectivity index (χ1v) is 9.77. The fraction of sp³-hybridized carbons (Fsp3) is 0.316. The number of amides is 1. The minimum Gasteiger partial charge on any atom is -0.495 e. The maximum Gasteiger partial charge on any atom is 0.283 e. The number of nitro benzene ring substituents is 1. The van der Waals surface area contributed by atoms with E-state index in [1.54, 1.807) is 30.4 Å². The molecule has 1 saturated heterocycles. The van der Waals surface area contributed by atoms with Crippen LogP contribution in [0.3, 0.4) is 0 Å². The Kier molecular flexibility index (Phi) is 5.85. The average molecular weight is 387 g/mol. The number of methoxy groups -OCH3 is 1. The number of piperazine rings is 1. The van der Waals surface area contributed by atoms with E-state index in [2.05, 4.69) is 4.90 Å². The molecule has 2 aromatic carbocycles. The Morgan fingerprint density at radius 3 is 2.48 bits per heavy atom. The molecule has 0 saturated carbocycles. The molecule has 1 aliphatic heterocycles. The second-order valence-electron chi connectivity index (χ2n) is 6.09. The fourth-order valence-corrected chi connectivity index (χ4v) is 3.74. The van der Waals surface area contributed by atoms with Crippen LogP contribution in [-0.2, 0) is 0 Å². The van der Waals surface area contributed by atoms with Gasteiger partial charge < -0.3 is 14.5 Å². The zero-order valence-electron chi connectivity index (χ0n) is 15.3. The maximum absolute atomic E-state index is 12.8. The van der Waals surface area contributed by atoms with Crippen LogP contribution >= 0.6 is 11.8 Å². The number of nitro groups is 1. The van der Waals surface area contributed by atoms with Crippen LogP contribution in [-0.4, -0.2) is 55.3 Å². The van der Waals surface area contributed by atoms with E-state index in [4.69, 9.17) is 4.74 Å². The van der Waals surface area contributed by atoms with E-state index in [0.29, 0.717) is 36.6 Å². The van der Waals surface area contributed by atoms with Crippen LogP contribution in [0.2, 0.25) is 0 Å². The first kappa shape index (κ1) is 19.0. The highest BCUT2D eigenvalue weighted by molar-refractivity contribution is 7.98. The lowest BCUT2D eigenvalue weighted by molar-refractivity contribution is -0.387. The summed E-state index contributed by atoms with van der Waals surface area (Å²) in [7, 11) is 1.64. The van der Waals surface area contributed by atoms with Crippen molar-refractivity contribution in [2.45, 2.75) is 4.90 Å². The molecule has 0 unspecified atom stereocenters. The number of hydrogen-bond acceptors (Lipinski definition) is 6. The van der Waals surface area contributed by atoms with Gasteiger partial charge in [0.05, 0.1) is 22.6 Å². The Hall–Kier alpha value is -2.74. The molecule has 0 bridgehead atoms. The van der Waals surface area contributed by atoms with Crippen molar-refractivity contribution in [2.75, 3.05) is 44.4 Å². The lowest BCUT2D eigenvalue weighted by Gasteiger charge is -2.36. The number of nitrogens with zero attached hydrogens (tertiary/aromatic N) is 3. The van der Waals surface area contributed by atoms with Crippen LogP contribution in [0.15, 0.2) is 47.4 Å². The normalized spacial score (nSPS) is 14.1. The Bertz CT molecular complexity index is 851. The number of hydrogen-bond donors (Lipinski definition) is 0. The Balaban J connectivity index is 1.72. The summed E-state index contributed by atoms with van der Waals surface area (Å²) in [5.74, 6) is 0.631. The quantitative estimate of drug-likeness (QED) is 0.445. The van der Waals surface area contributed by atoms with Gasteiger partial charge >= 0.3 is 0 Å². The van der Waals surface area contributed by atoms with Gasteiger partial charge in [-0.3, -0.25) is 14.9 Å². The molecule has 0 aliphatic carbocycles. The number of benzene rings is 2. The minimum absolute atomic E-state index is 0.0268. The number of rotatable bonds is 5. The van der Waals surface area contributed by atoms with Crippen molar-refractivity contribution in [3.05, 3.63) is 58.1 Å². The van der Waals surface area contributed by atoms with Crippen molar-refractivity contribution < 1.29 is 14.5 Å². The topological polar surface area (TPSA) is 75.9 Å². The van der Waals surface area contributed by atoms with Crippen molar-refractivity contribution in [1.82, 2.24) is 4.90 Å². The number of anilines is 1. The van der Waals surface area contributed by atoms with E-state index in [1.807, 2.05) is 24.3 Å². The smallest absolute Gasteiger partial charge is 0.283 e. The second-order valence-corrected chi connectivity index (χ2v) is 6.94. The summed E-state index contributed by atoms with van der Waals surface area (Å²) < 4.78 is 5.41. The molecule has 3 rings (SSSR count). The summed E-state index contributed by atoms with van der Waals surface area (Å²) in [5, 5.41) is 11.2. The molecule has 7 nitrogen and oxygen atoms in total. The molecular formula is C19H21N3O4S. The monoisotopic (exact) mass is 387 g/mol. The molecule has 27 heavy (non-hydrogen) atoms. The van der Waals surface area contributed by atoms with Gasteiger partial charge in [0.25, 0.3) is 11.6 Å². The molecule has 0 aromatic heterocycles. The summed E-state index contributed by atoms with van der Waals surface area (Å²) in [6, 6.07) is 12.5. The Morgan fingerprint density at radius 2 is 1.85 bits per heavy atom. The highest BCUT2D eigenvalue weighted by atomic mass is 32.2. The van der Waals surface area contributed by atoms with Gasteiger partial charge in [-0.15, -0.1) is 11.8 Å². The van der Waals surface area contributed by atoms with Crippen molar-refractivity contribution in [3.63, 3.8) is 0 Å². The van der Waals surface area contributed by atoms with Gasteiger partial charge in [-0.2, -0.15) is 0 Å². The number of thioether (sulfide) groups is 1. The van der Waals surface area contributed by atoms with Crippen LogP contribution in [0.1, 0.15) is 10.4 Å². The molecule has 0 spiro atoms. The van der Waals surface area contributed by atoms with Crippen LogP contribution in [0.5, 0.6) is 5.75 Å². The molecule has 1 heterocycles. The number of carbonyl (C=O) groups is 1. The van der Waals surface area contributed by atoms with Crippen LogP contribution in [0.25, 0.3) is 0 Å². The first-order chi connectivity index (χ1) is 13.0. The predicted molar refractivity (Wildman–Crippen MR) is 106 cm³/mol. The predicted octanol–water partition coefficient (Wildman–Crippen LogP) is 3.29. The molecule has 8 heteroatoms. The highest BCUT2D eigenvalue weighted by Crippen LogP contribution is 2.30. The minimum atomic E-state index is -0.442. The molecule has 0 atom stereocenters. The zero-order chi connectivity index (χ0) is 19.4. The number of para-hydroxylation sites is 2. The molecule has 1 fully saturated rings. The third-order valence-electron chi connectivity index (χ3n) is 4.62. The van der Waals surface area contributed by atoms with Gasteiger partial charge in [0.1, 0.15) is 5.75 Å². The van der Waals surface area contributed by atoms with E-state index in [1.165, 1.54) is 17.8 Å². The molecule has 0 N–H and O–H groups in total. The van der Waals surface area contributed by atoms with E-state index in [9.17, 15) is 14.9 Å². The van der Waals surface area contributed by atoms with Crippen molar-refractivity contribution in [2.24, 2.45) is 0 Å². The van der Waals surface area contributed by atoms with Crippen molar-refractivity contribution in [1.29, 1.82) is 0 Å². The molecule has 0 radical (unpaired) electrons. The summed E-state index contributed by atoms with van der Waals surface area (Å²) in [5.41, 5.74) is 1.33. The summed E-state index contributed by atoms with van der Waals surface area (Å²) >= 11 is 1.30. The number of ether oxygens (including phenoxy) is 1. The zero-order valence-corrected chi connectivity index (χ0v) is 16.1. The van der Waals surface area contributed by atoms with Gasteiger partial charge in [-0.25, -0.2) is 0 Å². The first-order valence-electron chi connectivity index (χ1n) is 8.55. The lowest BCUT2D eigenvalue weighted by atomic mass is 10.1. The van der Waals surface area contributed by atoms with E-state index < -0.39 is 4.92 Å². The van der Waals surface area contributed by atoms with Crippen molar-refractivity contribution >= 4 is 29.0 Å². The SMILES string of the molecule is COc1ccccc1N1CCN(C(=O)c2ccc(SC)c([N+](=O)[O-])c2)CC1. The standard InChI is InChI=1S/C19H21N3O4S/c1-26-17-6-4-3-5-15(17)20-9-11-21(12-10-20)19(23)14-7-8-18(27-2)16(13-14)22(24)25/h3-8,13H,9-12H2,1-2H3. The molecule has 1 amide bonds. The van der Waals surface area contributed by atoms with Crippen LogP contribution < -0.4 is 9.64 Å². The molecular weight excluding hydrogens is 366 g/mol. The lowest BCUT2D eigenvalue weighted by Crippen LogP contribution is -2.48. The molecule has 142 valence electrons. The fourth-order valence-electron chi connectivity index (χ4n) is 3.19. The van der Waals surface area contributed by atoms with E-state index in [-0.39, 0.29) is 11.6 Å². The third kappa shape index (κ3) is 4.00. The van der Waals surface area contributed by atoms with Gasteiger partial charge in [0, 0.05) is 37.8 Å². The molecule has 2 aromatic rings. The number of carbonyl (C=O) groups excluding carboxylic acids is 1. The Labute approximate surface area is 162 Å². The van der Waals surface area contributed by atoms with Gasteiger partial charge in [-0.05, 0) is 30.5 Å². The maximum atomic E-state index is 12.8. The van der Waals surface area contributed by atoms with E-state index >= 15 is 0 Å². The van der Waals surface area contributed by atoms with Crippen LogP contribution in [0, 0.1) is 10.1 Å². The van der Waals surface area contributed by atoms with Crippen LogP contribution in [0.4, 0.5) is 11.4 Å². The Morgan fingerprint density at radius 1 is 1.15 bits per heavy atom. The van der Waals surface area contributed by atoms with Gasteiger partial charge in [0.2, 0.25) is 0 Å². The average Bonchev–Trinajstić information content (AvgIpc) is 2.72. The molecule has 1 aliphatic rings. The summed E-state index contributed by atoms with van der Waals surface area (Å²) in [6.45, 7) is 2.46. The summed E-state index contributed by atoms with van der Waals surface area (Å²) in [6.07, 6.45) is 1.78.